The third-order valence-electron chi connectivity index (χ3n) is 1.76. The molecule has 0 radical (unpaired) electrons. The van der Waals surface area contributed by atoms with Gasteiger partial charge in [-0.3, -0.25) is 0 Å². The van der Waals surface area contributed by atoms with Crippen molar-refractivity contribution in [1.29, 1.82) is 0 Å². The molecule has 1 N–H and O–H groups in total. The molecule has 17 heavy (non-hydrogen) atoms. The van der Waals surface area contributed by atoms with Crippen molar-refractivity contribution in [1.82, 2.24) is 0 Å². The highest BCUT2D eigenvalue weighted by molar-refractivity contribution is 5.69. The lowest BCUT2D eigenvalue weighted by atomic mass is 10.1. The summed E-state index contributed by atoms with van der Waals surface area (Å²) in [5, 5.41) is 8.99. The van der Waals surface area contributed by atoms with E-state index in [2.05, 4.69) is 0 Å². The number of rotatable bonds is 2. The summed E-state index contributed by atoms with van der Waals surface area (Å²) in [6.45, 7) is 0. The van der Waals surface area contributed by atoms with Crippen molar-refractivity contribution in [2.75, 3.05) is 0 Å². The minimum absolute atomic E-state index is 0.433. The van der Waals surface area contributed by atoms with Gasteiger partial charge in [0.2, 0.25) is 0 Å². The molecule has 0 spiro atoms. The van der Waals surface area contributed by atoms with Gasteiger partial charge in [0.15, 0.2) is 11.7 Å². The Bertz CT molecular complexity index is 455. The van der Waals surface area contributed by atoms with Gasteiger partial charge in [-0.15, -0.1) is 0 Å². The molecule has 0 aliphatic carbocycles. The van der Waals surface area contributed by atoms with Gasteiger partial charge in [0, 0.05) is 11.1 Å². The van der Waals surface area contributed by atoms with Gasteiger partial charge in [-0.05, 0) is 18.2 Å². The fraction of sp³-hybridized carbons (Fsp3) is 0. The van der Waals surface area contributed by atoms with E-state index in [9.17, 15) is 26.3 Å². The van der Waals surface area contributed by atoms with E-state index in [-0.39, 0.29) is 0 Å². The summed E-state index contributed by atoms with van der Waals surface area (Å²) in [5.41, 5.74) is -1.78. The Kier molecular flexibility index (Phi) is 3.82. The minimum Gasteiger partial charge on any atom is -0.508 e. The summed E-state index contributed by atoms with van der Waals surface area (Å²) in [4.78, 5) is 0. The maximum absolute atomic E-state index is 12.8. The predicted molar refractivity (Wildman–Crippen MR) is 48.6 cm³/mol. The van der Waals surface area contributed by atoms with Crippen LogP contribution < -0.4 is 0 Å². The van der Waals surface area contributed by atoms with Gasteiger partial charge in [0.05, 0.1) is 0 Å². The first-order valence-corrected chi connectivity index (χ1v) is 4.09. The zero-order valence-corrected chi connectivity index (χ0v) is 7.95. The van der Waals surface area contributed by atoms with Crippen LogP contribution in [-0.4, -0.2) is 5.11 Å². The molecule has 1 nitrogen and oxygen atoms in total. The Morgan fingerprint density at radius 1 is 0.706 bits per heavy atom. The van der Waals surface area contributed by atoms with E-state index in [1.165, 1.54) is 0 Å². The lowest BCUT2D eigenvalue weighted by Gasteiger charge is -2.03. The largest absolute Gasteiger partial charge is 0.508 e. The summed E-state index contributed by atoms with van der Waals surface area (Å²) >= 11 is 0. The van der Waals surface area contributed by atoms with Crippen molar-refractivity contribution in [3.63, 3.8) is 0 Å². The highest BCUT2D eigenvalue weighted by atomic mass is 19.3. The smallest absolute Gasteiger partial charge is 0.306 e. The second-order valence-corrected chi connectivity index (χ2v) is 2.92. The molecule has 1 aromatic carbocycles. The molecular formula is C10H4F6O. The molecule has 0 aliphatic heterocycles. The van der Waals surface area contributed by atoms with Crippen LogP contribution in [0.4, 0.5) is 26.3 Å². The van der Waals surface area contributed by atoms with Gasteiger partial charge in [0.25, 0.3) is 0 Å². The molecule has 0 heterocycles. The predicted octanol–water partition coefficient (Wildman–Crippen LogP) is 4.46. The zero-order chi connectivity index (χ0) is 13.2. The maximum Gasteiger partial charge on any atom is 0.306 e. The molecule has 0 aromatic heterocycles. The standard InChI is InChI=1S/C10H4F6O/c11-7(9(13)14)4-1-5(3-6(17)2-4)8(12)10(15)16/h1-3,17H. The monoisotopic (exact) mass is 254 g/mol. The maximum atomic E-state index is 12.8. The Morgan fingerprint density at radius 3 is 1.35 bits per heavy atom. The first-order chi connectivity index (χ1) is 7.82. The first kappa shape index (κ1) is 13.1. The van der Waals surface area contributed by atoms with E-state index in [1.54, 1.807) is 0 Å². The van der Waals surface area contributed by atoms with Gasteiger partial charge in [-0.1, -0.05) is 0 Å². The van der Waals surface area contributed by atoms with Crippen molar-refractivity contribution >= 4 is 11.7 Å². The number of phenols is 1. The second kappa shape index (κ2) is 4.94. The lowest BCUT2D eigenvalue weighted by molar-refractivity contribution is 0.409. The molecule has 0 saturated carbocycles. The van der Waals surface area contributed by atoms with Crippen LogP contribution in [0.25, 0.3) is 11.7 Å². The summed E-state index contributed by atoms with van der Waals surface area (Å²) in [6, 6.07) is 1.55. The van der Waals surface area contributed by atoms with Crippen molar-refractivity contribution < 1.29 is 31.4 Å². The molecule has 7 heteroatoms. The van der Waals surface area contributed by atoms with Crippen molar-refractivity contribution in [2.45, 2.75) is 0 Å². The molecule has 0 unspecified atom stereocenters. The molecule has 0 atom stereocenters. The number of aromatic hydroxyl groups is 1. The summed E-state index contributed by atoms with van der Waals surface area (Å²) in [5.74, 6) is -4.85. The number of hydrogen-bond acceptors (Lipinski definition) is 1. The zero-order valence-electron chi connectivity index (χ0n) is 7.95. The topological polar surface area (TPSA) is 20.2 Å². The number of benzene rings is 1. The molecule has 1 aromatic rings. The highest BCUT2D eigenvalue weighted by Crippen LogP contribution is 2.31. The molecule has 0 saturated heterocycles. The molecule has 0 aliphatic rings. The average Bonchev–Trinajstić information content (AvgIpc) is 2.25. The molecule has 0 amide bonds. The van der Waals surface area contributed by atoms with Crippen LogP contribution in [0, 0.1) is 0 Å². The van der Waals surface area contributed by atoms with E-state index >= 15 is 0 Å². The fourth-order valence-electron chi connectivity index (χ4n) is 1.08. The second-order valence-electron chi connectivity index (χ2n) is 2.92. The third kappa shape index (κ3) is 3.02. The molecule has 0 fully saturated rings. The van der Waals surface area contributed by atoms with Crippen LogP contribution in [0.1, 0.15) is 11.1 Å². The molecule has 92 valence electrons. The average molecular weight is 254 g/mol. The molecular weight excluding hydrogens is 250 g/mol. The van der Waals surface area contributed by atoms with E-state index in [0.717, 1.165) is 0 Å². The van der Waals surface area contributed by atoms with E-state index in [1.807, 2.05) is 0 Å². The summed E-state index contributed by atoms with van der Waals surface area (Å²) in [6.07, 6.45) is -5.40. The van der Waals surface area contributed by atoms with Gasteiger partial charge in [0.1, 0.15) is 5.75 Å². The first-order valence-electron chi connectivity index (χ1n) is 4.09. The van der Waals surface area contributed by atoms with E-state index in [0.29, 0.717) is 18.2 Å². The summed E-state index contributed by atoms with van der Waals surface area (Å²) < 4.78 is 73.2. The van der Waals surface area contributed by atoms with Gasteiger partial charge >= 0.3 is 12.2 Å². The van der Waals surface area contributed by atoms with Crippen LogP contribution in [-0.2, 0) is 0 Å². The molecule has 0 bridgehead atoms. The third-order valence-corrected chi connectivity index (χ3v) is 1.76. The van der Waals surface area contributed by atoms with Crippen LogP contribution in [0.2, 0.25) is 0 Å². The Hall–Kier alpha value is -1.92. The van der Waals surface area contributed by atoms with Crippen LogP contribution in [0.3, 0.4) is 0 Å². The van der Waals surface area contributed by atoms with Crippen molar-refractivity contribution in [3.8, 4) is 5.75 Å². The fourth-order valence-corrected chi connectivity index (χ4v) is 1.08. The van der Waals surface area contributed by atoms with Crippen LogP contribution >= 0.6 is 0 Å². The van der Waals surface area contributed by atoms with Gasteiger partial charge in [-0.2, -0.15) is 17.6 Å². The number of halogens is 6. The van der Waals surface area contributed by atoms with Gasteiger partial charge < -0.3 is 5.11 Å². The number of phenolic OH excluding ortho intramolecular Hbond substituents is 1. The van der Waals surface area contributed by atoms with Crippen molar-refractivity contribution in [2.24, 2.45) is 0 Å². The summed E-state index contributed by atoms with van der Waals surface area (Å²) in [7, 11) is 0. The Balaban J connectivity index is 3.40. The highest BCUT2D eigenvalue weighted by Gasteiger charge is 2.15. The van der Waals surface area contributed by atoms with Crippen molar-refractivity contribution in [3.05, 3.63) is 41.5 Å². The van der Waals surface area contributed by atoms with Crippen LogP contribution in [0.15, 0.2) is 30.4 Å². The van der Waals surface area contributed by atoms with E-state index < -0.39 is 40.7 Å². The Labute approximate surface area is 91.3 Å². The van der Waals surface area contributed by atoms with Gasteiger partial charge in [-0.25, -0.2) is 8.78 Å². The molecule has 1 rings (SSSR count). The SMILES string of the molecule is Oc1cc(C(F)=C(F)F)cc(C(F)=C(F)F)c1. The minimum atomic E-state index is -2.70. The quantitative estimate of drug-likeness (QED) is 0.772. The Morgan fingerprint density at radius 2 is 1.06 bits per heavy atom. The van der Waals surface area contributed by atoms with E-state index in [4.69, 9.17) is 5.11 Å². The van der Waals surface area contributed by atoms with Crippen LogP contribution in [0.5, 0.6) is 5.75 Å². The lowest BCUT2D eigenvalue weighted by Crippen LogP contribution is -1.86. The number of hydrogen-bond donors (Lipinski definition) is 1. The normalized spacial score (nSPS) is 10.0.